The van der Waals surface area contributed by atoms with Gasteiger partial charge in [0.15, 0.2) is 0 Å². The minimum atomic E-state index is -1.65. The fourth-order valence-electron chi connectivity index (χ4n) is 5.35. The number of nitrogens with zero attached hydrogens (tertiary/aromatic N) is 6. The predicted molar refractivity (Wildman–Crippen MR) is 152 cm³/mol. The van der Waals surface area contributed by atoms with Crippen LogP contribution >= 0.6 is 11.6 Å². The molecule has 1 fully saturated rings. The molecule has 5 rings (SSSR count). The largest absolute Gasteiger partial charge is 0.382 e. The zero-order chi connectivity index (χ0) is 28.1. The minimum Gasteiger partial charge on any atom is -0.382 e. The first-order valence-corrected chi connectivity index (χ1v) is 13.6. The Morgan fingerprint density at radius 1 is 0.975 bits per heavy atom. The maximum atomic E-state index is 14.7. The van der Waals surface area contributed by atoms with E-state index in [-0.39, 0.29) is 18.7 Å². The number of aliphatic hydroxyl groups is 1. The predicted octanol–water partition coefficient (Wildman–Crippen LogP) is 4.55. The second kappa shape index (κ2) is 12.4. The molecule has 0 aliphatic carbocycles. The molecule has 2 heterocycles. The van der Waals surface area contributed by atoms with Crippen molar-refractivity contribution < 1.29 is 13.9 Å². The Balaban J connectivity index is 1.19. The highest BCUT2D eigenvalue weighted by molar-refractivity contribution is 6.30. The molecule has 10 heteroatoms. The Morgan fingerprint density at radius 3 is 2.42 bits per heavy atom. The first kappa shape index (κ1) is 28.2. The van der Waals surface area contributed by atoms with Gasteiger partial charge in [0, 0.05) is 68.2 Å². The Bertz CT molecular complexity index is 1400. The second-order valence-corrected chi connectivity index (χ2v) is 10.9. The molecular formula is C30H33ClF2N6O. The topological polar surface area (TPSA) is 60.7 Å². The van der Waals surface area contributed by atoms with Crippen molar-refractivity contribution in [3.8, 4) is 0 Å². The third kappa shape index (κ3) is 7.03. The molecule has 0 spiro atoms. The van der Waals surface area contributed by atoms with Crippen LogP contribution in [0.25, 0.3) is 0 Å². The SMILES string of the molecule is CN(Cc1ccc(N2CCN(Cc3cccc(Cl)c3)CC2)cc1)CC(O)(Cn1cncn1)c1ccc(F)cc1F. The molecule has 1 aromatic heterocycles. The zero-order valence-corrected chi connectivity index (χ0v) is 23.2. The highest BCUT2D eigenvalue weighted by Gasteiger charge is 2.35. The van der Waals surface area contributed by atoms with Gasteiger partial charge < -0.3 is 10.0 Å². The van der Waals surface area contributed by atoms with Crippen LogP contribution in [0.3, 0.4) is 0 Å². The quantitative estimate of drug-likeness (QED) is 0.304. The molecular weight excluding hydrogens is 534 g/mol. The molecule has 1 N–H and O–H groups in total. The van der Waals surface area contributed by atoms with Crippen molar-refractivity contribution in [2.45, 2.75) is 25.2 Å². The molecule has 3 aromatic carbocycles. The van der Waals surface area contributed by atoms with Crippen molar-refractivity contribution in [3.05, 3.63) is 113 Å². The third-order valence-electron chi connectivity index (χ3n) is 7.28. The Hall–Kier alpha value is -3.37. The second-order valence-electron chi connectivity index (χ2n) is 10.5. The molecule has 40 heavy (non-hydrogen) atoms. The van der Waals surface area contributed by atoms with Gasteiger partial charge in [-0.25, -0.2) is 18.4 Å². The van der Waals surface area contributed by atoms with E-state index in [2.05, 4.69) is 50.2 Å². The summed E-state index contributed by atoms with van der Waals surface area (Å²) in [5, 5.41) is 16.4. The summed E-state index contributed by atoms with van der Waals surface area (Å²) in [6.07, 6.45) is 2.81. The third-order valence-corrected chi connectivity index (χ3v) is 7.51. The van der Waals surface area contributed by atoms with E-state index >= 15 is 0 Å². The molecule has 0 amide bonds. The number of benzene rings is 3. The Morgan fingerprint density at radius 2 is 1.75 bits per heavy atom. The molecule has 0 radical (unpaired) electrons. The molecule has 4 aromatic rings. The maximum Gasteiger partial charge on any atom is 0.137 e. The van der Waals surface area contributed by atoms with Crippen LogP contribution in [0.1, 0.15) is 16.7 Å². The number of halogens is 3. The molecule has 1 saturated heterocycles. The monoisotopic (exact) mass is 566 g/mol. The number of aromatic nitrogens is 3. The van der Waals surface area contributed by atoms with Gasteiger partial charge in [0.1, 0.15) is 29.9 Å². The lowest BCUT2D eigenvalue weighted by atomic mass is 9.92. The van der Waals surface area contributed by atoms with E-state index in [1.807, 2.05) is 30.1 Å². The van der Waals surface area contributed by atoms with Gasteiger partial charge in [-0.1, -0.05) is 41.9 Å². The molecule has 7 nitrogen and oxygen atoms in total. The van der Waals surface area contributed by atoms with E-state index in [4.69, 9.17) is 11.6 Å². The van der Waals surface area contributed by atoms with Crippen LogP contribution in [0.5, 0.6) is 0 Å². The van der Waals surface area contributed by atoms with Gasteiger partial charge in [0.2, 0.25) is 0 Å². The van der Waals surface area contributed by atoms with E-state index in [9.17, 15) is 13.9 Å². The molecule has 1 atom stereocenters. The average Bonchev–Trinajstić information content (AvgIpc) is 3.42. The standard InChI is InChI=1S/C30H33ClF2N6O/c1-36(19-30(40,20-39-22-34-21-35-39)28-10-7-26(32)16-29(28)33)17-23-5-8-27(9-6-23)38-13-11-37(12-14-38)18-24-3-2-4-25(31)15-24/h2-10,15-16,21-22,40H,11-14,17-20H2,1H3. The number of piperazine rings is 1. The van der Waals surface area contributed by atoms with Crippen molar-refractivity contribution in [1.29, 1.82) is 0 Å². The fourth-order valence-corrected chi connectivity index (χ4v) is 5.57. The van der Waals surface area contributed by atoms with E-state index < -0.39 is 17.2 Å². The van der Waals surface area contributed by atoms with E-state index in [1.54, 1.807) is 0 Å². The van der Waals surface area contributed by atoms with E-state index in [0.29, 0.717) is 6.54 Å². The first-order chi connectivity index (χ1) is 19.3. The molecule has 1 aliphatic rings. The summed E-state index contributed by atoms with van der Waals surface area (Å²) >= 11 is 6.13. The molecule has 0 bridgehead atoms. The lowest BCUT2D eigenvalue weighted by Gasteiger charge is -2.36. The summed E-state index contributed by atoms with van der Waals surface area (Å²) in [5.41, 5.74) is 1.83. The lowest BCUT2D eigenvalue weighted by molar-refractivity contribution is -0.0175. The van der Waals surface area contributed by atoms with Crippen LogP contribution < -0.4 is 4.90 Å². The van der Waals surface area contributed by atoms with Crippen LogP contribution in [0, 0.1) is 11.6 Å². The highest BCUT2D eigenvalue weighted by atomic mass is 35.5. The minimum absolute atomic E-state index is 0.0149. The maximum absolute atomic E-state index is 14.7. The number of likely N-dealkylation sites (N-methyl/N-ethyl adjacent to an activating group) is 1. The fraction of sp³-hybridized carbons (Fsp3) is 0.333. The smallest absolute Gasteiger partial charge is 0.137 e. The van der Waals surface area contributed by atoms with Crippen molar-refractivity contribution in [3.63, 3.8) is 0 Å². The molecule has 210 valence electrons. The van der Waals surface area contributed by atoms with Gasteiger partial charge in [-0.05, 0) is 48.5 Å². The van der Waals surface area contributed by atoms with Gasteiger partial charge in [0.05, 0.1) is 6.54 Å². The van der Waals surface area contributed by atoms with Crippen molar-refractivity contribution in [2.75, 3.05) is 44.7 Å². The number of anilines is 1. The van der Waals surface area contributed by atoms with Crippen LogP contribution in [0.15, 0.2) is 79.4 Å². The van der Waals surface area contributed by atoms with E-state index in [1.165, 1.54) is 34.7 Å². The average molecular weight is 567 g/mol. The van der Waals surface area contributed by atoms with E-state index in [0.717, 1.165) is 55.4 Å². The highest BCUT2D eigenvalue weighted by Crippen LogP contribution is 2.28. The number of hydrogen-bond acceptors (Lipinski definition) is 6. The Kier molecular flexibility index (Phi) is 8.75. The van der Waals surface area contributed by atoms with Crippen molar-refractivity contribution in [2.24, 2.45) is 0 Å². The summed E-state index contributed by atoms with van der Waals surface area (Å²) in [7, 11) is 1.86. The summed E-state index contributed by atoms with van der Waals surface area (Å²) in [6, 6.07) is 19.7. The summed E-state index contributed by atoms with van der Waals surface area (Å²) in [6.45, 7) is 5.34. The first-order valence-electron chi connectivity index (χ1n) is 13.3. The zero-order valence-electron chi connectivity index (χ0n) is 22.4. The summed E-state index contributed by atoms with van der Waals surface area (Å²) in [5.74, 6) is -1.49. The number of rotatable bonds is 10. The van der Waals surface area contributed by atoms with Crippen LogP contribution in [-0.4, -0.2) is 69.4 Å². The van der Waals surface area contributed by atoms with Gasteiger partial charge in [-0.2, -0.15) is 5.10 Å². The van der Waals surface area contributed by atoms with Gasteiger partial charge in [-0.3, -0.25) is 9.80 Å². The molecule has 0 saturated carbocycles. The molecule has 1 aliphatic heterocycles. The van der Waals surface area contributed by atoms with Crippen molar-refractivity contribution >= 4 is 17.3 Å². The van der Waals surface area contributed by atoms with Gasteiger partial charge >= 0.3 is 0 Å². The van der Waals surface area contributed by atoms with Gasteiger partial charge in [0.25, 0.3) is 0 Å². The summed E-state index contributed by atoms with van der Waals surface area (Å²) in [4.78, 5) is 10.7. The van der Waals surface area contributed by atoms with Crippen molar-refractivity contribution in [1.82, 2.24) is 24.6 Å². The van der Waals surface area contributed by atoms with Gasteiger partial charge in [-0.15, -0.1) is 0 Å². The van der Waals surface area contributed by atoms with Crippen LogP contribution in [0.4, 0.5) is 14.5 Å². The lowest BCUT2D eigenvalue weighted by Crippen LogP contribution is -2.46. The Labute approximate surface area is 238 Å². The molecule has 1 unspecified atom stereocenters. The number of hydrogen-bond donors (Lipinski definition) is 1. The van der Waals surface area contributed by atoms with Crippen LogP contribution in [-0.2, 0) is 25.2 Å². The normalized spacial score (nSPS) is 15.9. The summed E-state index contributed by atoms with van der Waals surface area (Å²) < 4.78 is 29.8. The van der Waals surface area contributed by atoms with Crippen LogP contribution in [0.2, 0.25) is 5.02 Å².